The van der Waals surface area contributed by atoms with Crippen LogP contribution in [-0.4, -0.2) is 16.0 Å². The van der Waals surface area contributed by atoms with Gasteiger partial charge in [-0.1, -0.05) is 15.9 Å². The quantitative estimate of drug-likeness (QED) is 0.661. The largest absolute Gasteiger partial charge is 0.478 e. The first-order valence-corrected chi connectivity index (χ1v) is 6.32. The molecule has 0 atom stereocenters. The van der Waals surface area contributed by atoms with Crippen molar-refractivity contribution in [3.8, 4) is 11.5 Å². The second-order valence-corrected chi connectivity index (χ2v) is 4.84. The summed E-state index contributed by atoms with van der Waals surface area (Å²) in [6, 6.07) is 7.07. The SMILES string of the molecule is O=C(O)c1ccc(Oc2ccc(Br)cc2[N+](=O)[O-])c(F)c1. The van der Waals surface area contributed by atoms with E-state index in [0.717, 1.165) is 18.2 Å². The molecule has 0 aliphatic carbocycles. The molecule has 0 aliphatic heterocycles. The second-order valence-electron chi connectivity index (χ2n) is 3.92. The molecule has 6 nitrogen and oxygen atoms in total. The van der Waals surface area contributed by atoms with Gasteiger partial charge in [0.2, 0.25) is 5.75 Å². The Bertz CT molecular complexity index is 734. The summed E-state index contributed by atoms with van der Waals surface area (Å²) in [5.74, 6) is -2.65. The number of hydrogen-bond donors (Lipinski definition) is 1. The van der Waals surface area contributed by atoms with E-state index >= 15 is 0 Å². The number of rotatable bonds is 4. The van der Waals surface area contributed by atoms with Gasteiger partial charge in [-0.15, -0.1) is 0 Å². The van der Waals surface area contributed by atoms with Crippen LogP contribution in [0, 0.1) is 15.9 Å². The molecule has 0 amide bonds. The van der Waals surface area contributed by atoms with Gasteiger partial charge in [-0.3, -0.25) is 10.1 Å². The number of ether oxygens (including phenoxy) is 1. The molecule has 0 aliphatic rings. The molecule has 8 heteroatoms. The van der Waals surface area contributed by atoms with Crippen molar-refractivity contribution in [3.63, 3.8) is 0 Å². The Hall–Kier alpha value is -2.48. The van der Waals surface area contributed by atoms with Crippen molar-refractivity contribution in [1.29, 1.82) is 0 Å². The summed E-state index contributed by atoms with van der Waals surface area (Å²) < 4.78 is 19.4. The number of hydrogen-bond acceptors (Lipinski definition) is 4. The molecule has 2 aromatic carbocycles. The summed E-state index contributed by atoms with van der Waals surface area (Å²) in [5.41, 5.74) is -0.587. The zero-order valence-electron chi connectivity index (χ0n) is 10.2. The molecule has 108 valence electrons. The van der Waals surface area contributed by atoms with Crippen molar-refractivity contribution in [2.75, 3.05) is 0 Å². The Morgan fingerprint density at radius 1 is 1.24 bits per heavy atom. The van der Waals surface area contributed by atoms with Crippen LogP contribution in [0.3, 0.4) is 0 Å². The molecule has 0 fully saturated rings. The highest BCUT2D eigenvalue weighted by Gasteiger charge is 2.18. The number of carbonyl (C=O) groups is 1. The summed E-state index contributed by atoms with van der Waals surface area (Å²) in [4.78, 5) is 21.0. The maximum Gasteiger partial charge on any atom is 0.335 e. The maximum atomic E-state index is 13.7. The molecule has 1 N–H and O–H groups in total. The summed E-state index contributed by atoms with van der Waals surface area (Å²) >= 11 is 3.09. The van der Waals surface area contributed by atoms with Crippen LogP contribution in [0.15, 0.2) is 40.9 Å². The monoisotopic (exact) mass is 355 g/mol. The molecule has 0 heterocycles. The minimum Gasteiger partial charge on any atom is -0.478 e. The van der Waals surface area contributed by atoms with Gasteiger partial charge in [0.25, 0.3) is 0 Å². The molecular weight excluding hydrogens is 349 g/mol. The lowest BCUT2D eigenvalue weighted by molar-refractivity contribution is -0.385. The predicted octanol–water partition coefficient (Wildman–Crippen LogP) is 3.99. The van der Waals surface area contributed by atoms with Gasteiger partial charge in [-0.05, 0) is 30.3 Å². The third-order valence-electron chi connectivity index (χ3n) is 2.52. The van der Waals surface area contributed by atoms with Crippen molar-refractivity contribution in [3.05, 3.63) is 62.4 Å². The molecule has 0 aromatic heterocycles. The number of carboxylic acid groups (broad SMARTS) is 1. The lowest BCUT2D eigenvalue weighted by Crippen LogP contribution is -1.99. The van der Waals surface area contributed by atoms with Crippen molar-refractivity contribution < 1.29 is 24.0 Å². The first-order chi connectivity index (χ1) is 9.88. The molecule has 0 saturated carbocycles. The average molecular weight is 356 g/mol. The van der Waals surface area contributed by atoms with E-state index in [1.54, 1.807) is 0 Å². The van der Waals surface area contributed by atoms with E-state index in [9.17, 15) is 19.3 Å². The van der Waals surface area contributed by atoms with Crippen molar-refractivity contribution in [2.45, 2.75) is 0 Å². The standard InChI is InChI=1S/C13H7BrFNO5/c14-8-2-4-12(10(6-8)16(19)20)21-11-3-1-7(13(17)18)5-9(11)15/h1-6H,(H,17,18). The zero-order chi connectivity index (χ0) is 15.6. The molecule has 2 rings (SSSR count). The number of halogens is 2. The van der Waals surface area contributed by atoms with E-state index < -0.39 is 16.7 Å². The molecule has 0 saturated heterocycles. The van der Waals surface area contributed by atoms with Crippen molar-refractivity contribution in [1.82, 2.24) is 0 Å². The van der Waals surface area contributed by atoms with E-state index in [1.165, 1.54) is 18.2 Å². The molecule has 0 bridgehead atoms. The van der Waals surface area contributed by atoms with Crippen LogP contribution in [-0.2, 0) is 0 Å². The van der Waals surface area contributed by atoms with Crippen molar-refractivity contribution >= 4 is 27.6 Å². The van der Waals surface area contributed by atoms with Crippen LogP contribution in [0.2, 0.25) is 0 Å². The van der Waals surface area contributed by atoms with Crippen LogP contribution < -0.4 is 4.74 Å². The Kier molecular flexibility index (Phi) is 4.18. The smallest absolute Gasteiger partial charge is 0.335 e. The average Bonchev–Trinajstić information content (AvgIpc) is 2.42. The summed E-state index contributed by atoms with van der Waals surface area (Å²) in [6.07, 6.45) is 0. The van der Waals surface area contributed by atoms with Gasteiger partial charge >= 0.3 is 11.7 Å². The first-order valence-electron chi connectivity index (χ1n) is 5.53. The minimum atomic E-state index is -1.28. The lowest BCUT2D eigenvalue weighted by atomic mass is 10.2. The van der Waals surface area contributed by atoms with Crippen LogP contribution in [0.5, 0.6) is 11.5 Å². The Morgan fingerprint density at radius 2 is 1.90 bits per heavy atom. The van der Waals surface area contributed by atoms with Gasteiger partial charge in [0.15, 0.2) is 11.6 Å². The van der Waals surface area contributed by atoms with Crippen molar-refractivity contribution in [2.24, 2.45) is 0 Å². The van der Waals surface area contributed by atoms with E-state index in [0.29, 0.717) is 4.47 Å². The van der Waals surface area contributed by atoms with Crippen LogP contribution in [0.25, 0.3) is 0 Å². The number of benzene rings is 2. The third kappa shape index (κ3) is 3.34. The molecule has 0 unspecified atom stereocenters. The highest BCUT2D eigenvalue weighted by atomic mass is 79.9. The lowest BCUT2D eigenvalue weighted by Gasteiger charge is -2.08. The van der Waals surface area contributed by atoms with Gasteiger partial charge in [0.05, 0.1) is 10.5 Å². The molecule has 0 radical (unpaired) electrons. The van der Waals surface area contributed by atoms with E-state index in [2.05, 4.69) is 15.9 Å². The predicted molar refractivity (Wildman–Crippen MR) is 74.2 cm³/mol. The number of nitrogens with zero attached hydrogens (tertiary/aromatic N) is 1. The van der Waals surface area contributed by atoms with Gasteiger partial charge in [0, 0.05) is 10.5 Å². The molecule has 21 heavy (non-hydrogen) atoms. The number of carboxylic acids is 1. The fourth-order valence-corrected chi connectivity index (χ4v) is 1.90. The highest BCUT2D eigenvalue weighted by molar-refractivity contribution is 9.10. The van der Waals surface area contributed by atoms with Gasteiger partial charge < -0.3 is 9.84 Å². The third-order valence-corrected chi connectivity index (χ3v) is 3.01. The van der Waals surface area contributed by atoms with Gasteiger partial charge in [-0.25, -0.2) is 9.18 Å². The Morgan fingerprint density at radius 3 is 2.48 bits per heavy atom. The maximum absolute atomic E-state index is 13.7. The molecular formula is C13H7BrFNO5. The Labute approximate surface area is 126 Å². The fourth-order valence-electron chi connectivity index (χ4n) is 1.55. The molecule has 0 spiro atoms. The summed E-state index contributed by atoms with van der Waals surface area (Å²) in [7, 11) is 0. The fraction of sp³-hybridized carbons (Fsp3) is 0. The first kappa shape index (κ1) is 14.9. The van der Waals surface area contributed by atoms with Crippen LogP contribution >= 0.6 is 15.9 Å². The van der Waals surface area contributed by atoms with Gasteiger partial charge in [0.1, 0.15) is 0 Å². The number of nitro groups is 1. The van der Waals surface area contributed by atoms with E-state index in [4.69, 9.17) is 9.84 Å². The highest BCUT2D eigenvalue weighted by Crippen LogP contribution is 2.34. The number of aromatic carboxylic acids is 1. The second kappa shape index (κ2) is 5.88. The van der Waals surface area contributed by atoms with E-state index in [1.807, 2.05) is 0 Å². The zero-order valence-corrected chi connectivity index (χ0v) is 11.8. The molecule has 2 aromatic rings. The normalized spacial score (nSPS) is 10.2. The van der Waals surface area contributed by atoms with Crippen LogP contribution in [0.4, 0.5) is 10.1 Å². The number of nitro benzene ring substituents is 1. The van der Waals surface area contributed by atoms with Crippen LogP contribution in [0.1, 0.15) is 10.4 Å². The minimum absolute atomic E-state index is 0.148. The topological polar surface area (TPSA) is 89.7 Å². The Balaban J connectivity index is 2.39. The van der Waals surface area contributed by atoms with E-state index in [-0.39, 0.29) is 22.7 Å². The summed E-state index contributed by atoms with van der Waals surface area (Å²) in [5, 5.41) is 19.7. The van der Waals surface area contributed by atoms with Gasteiger partial charge in [-0.2, -0.15) is 0 Å². The summed E-state index contributed by atoms with van der Waals surface area (Å²) in [6.45, 7) is 0.